The van der Waals surface area contributed by atoms with E-state index in [0.29, 0.717) is 26.2 Å². The lowest BCUT2D eigenvalue weighted by molar-refractivity contribution is 0.196. The van der Waals surface area contributed by atoms with Crippen molar-refractivity contribution in [2.75, 3.05) is 40.3 Å². The van der Waals surface area contributed by atoms with E-state index in [0.717, 1.165) is 12.8 Å². The molecule has 1 fully saturated rings. The molecule has 0 aromatic rings. The minimum atomic E-state index is -3.39. The monoisotopic (exact) mass is 292 g/mol. The molecule has 0 aliphatic carbocycles. The van der Waals surface area contributed by atoms with Crippen LogP contribution in [-0.4, -0.2) is 63.4 Å². The van der Waals surface area contributed by atoms with Crippen molar-refractivity contribution >= 4 is 10.2 Å². The van der Waals surface area contributed by atoms with Crippen molar-refractivity contribution in [2.45, 2.75) is 32.2 Å². The van der Waals surface area contributed by atoms with Crippen LogP contribution in [-0.2, 0) is 10.2 Å². The number of hydrogen-bond acceptors (Lipinski definition) is 4. The van der Waals surface area contributed by atoms with Crippen LogP contribution in [0, 0.1) is 5.92 Å². The molecule has 3 N–H and O–H groups in total. The third-order valence-corrected chi connectivity index (χ3v) is 5.57. The predicted octanol–water partition coefficient (Wildman–Crippen LogP) is -0.168. The van der Waals surface area contributed by atoms with Gasteiger partial charge >= 0.3 is 0 Å². The lowest BCUT2D eigenvalue weighted by Crippen LogP contribution is -2.53. The molecule has 1 aliphatic heterocycles. The van der Waals surface area contributed by atoms with E-state index < -0.39 is 10.2 Å². The summed E-state index contributed by atoms with van der Waals surface area (Å²) >= 11 is 0. The van der Waals surface area contributed by atoms with Crippen molar-refractivity contribution in [3.63, 3.8) is 0 Å². The lowest BCUT2D eigenvalue weighted by Gasteiger charge is -2.35. The number of nitrogens with zero attached hydrogens (tertiary/aromatic N) is 2. The van der Waals surface area contributed by atoms with Gasteiger partial charge in [0.2, 0.25) is 0 Å². The predicted molar refractivity (Wildman–Crippen MR) is 78.0 cm³/mol. The van der Waals surface area contributed by atoms with Crippen LogP contribution in [0.4, 0.5) is 0 Å². The molecule has 114 valence electrons. The van der Waals surface area contributed by atoms with Crippen molar-refractivity contribution in [3.05, 3.63) is 0 Å². The van der Waals surface area contributed by atoms with Gasteiger partial charge in [-0.3, -0.25) is 0 Å². The Morgan fingerprint density at radius 2 is 2.05 bits per heavy atom. The Labute approximate surface area is 117 Å². The highest BCUT2D eigenvalue weighted by atomic mass is 32.2. The first kappa shape index (κ1) is 16.8. The van der Waals surface area contributed by atoms with E-state index in [1.54, 1.807) is 0 Å². The van der Waals surface area contributed by atoms with Gasteiger partial charge in [-0.05, 0) is 53.2 Å². The average molecular weight is 292 g/mol. The van der Waals surface area contributed by atoms with E-state index in [9.17, 15) is 8.42 Å². The third kappa shape index (κ3) is 4.68. The molecule has 0 saturated carbocycles. The van der Waals surface area contributed by atoms with Crippen molar-refractivity contribution in [3.8, 4) is 0 Å². The minimum absolute atomic E-state index is 0.212. The molecule has 1 heterocycles. The summed E-state index contributed by atoms with van der Waals surface area (Å²) < 4.78 is 28.8. The lowest BCUT2D eigenvalue weighted by atomic mass is 10.0. The molecule has 1 saturated heterocycles. The van der Waals surface area contributed by atoms with Gasteiger partial charge in [-0.1, -0.05) is 0 Å². The maximum absolute atomic E-state index is 12.3. The van der Waals surface area contributed by atoms with Gasteiger partial charge in [0.25, 0.3) is 10.2 Å². The number of hydrogen-bond donors (Lipinski definition) is 2. The number of rotatable bonds is 6. The molecule has 0 aromatic heterocycles. The molecule has 19 heavy (non-hydrogen) atoms. The van der Waals surface area contributed by atoms with Crippen LogP contribution < -0.4 is 10.5 Å². The molecular formula is C12H28N4O2S. The van der Waals surface area contributed by atoms with Gasteiger partial charge < -0.3 is 10.6 Å². The molecule has 1 aliphatic rings. The smallest absolute Gasteiger partial charge is 0.279 e. The molecular weight excluding hydrogens is 264 g/mol. The zero-order chi connectivity index (χ0) is 14.7. The summed E-state index contributed by atoms with van der Waals surface area (Å²) in [5.74, 6) is 0.284. The van der Waals surface area contributed by atoms with E-state index in [1.165, 1.54) is 4.31 Å². The first-order valence-electron chi connectivity index (χ1n) is 6.81. The number of likely N-dealkylation sites (N-methyl/N-ethyl adjacent to an activating group) is 1. The standard InChI is InChI=1S/C12H28N4O2S/c1-12(2,15(3)4)10-14-19(17,18)16-7-5-6-11(8-13)9-16/h11,14H,5-10,13H2,1-4H3. The second-order valence-corrected chi connectivity index (χ2v) is 7.89. The molecule has 0 bridgehead atoms. The fourth-order valence-corrected chi connectivity index (χ4v) is 3.45. The summed E-state index contributed by atoms with van der Waals surface area (Å²) in [4.78, 5) is 2.01. The quantitative estimate of drug-likeness (QED) is 0.712. The van der Waals surface area contributed by atoms with E-state index >= 15 is 0 Å². The second-order valence-electron chi connectivity index (χ2n) is 6.13. The number of nitrogens with one attached hydrogen (secondary N) is 1. The Kier molecular flexibility index (Phi) is 5.76. The number of nitrogens with two attached hydrogens (primary N) is 1. The van der Waals surface area contributed by atoms with E-state index in [4.69, 9.17) is 5.73 Å². The van der Waals surface area contributed by atoms with Crippen molar-refractivity contribution in [2.24, 2.45) is 11.7 Å². The Balaban J connectivity index is 2.61. The van der Waals surface area contributed by atoms with Crippen molar-refractivity contribution in [1.29, 1.82) is 0 Å². The van der Waals surface area contributed by atoms with Crippen LogP contribution >= 0.6 is 0 Å². The largest absolute Gasteiger partial charge is 0.330 e. The molecule has 6 nitrogen and oxygen atoms in total. The normalized spacial score (nSPS) is 22.9. The first-order chi connectivity index (χ1) is 8.69. The van der Waals surface area contributed by atoms with Gasteiger partial charge in [0.05, 0.1) is 0 Å². The topological polar surface area (TPSA) is 78.7 Å². The minimum Gasteiger partial charge on any atom is -0.330 e. The van der Waals surface area contributed by atoms with E-state index in [-0.39, 0.29) is 11.5 Å². The van der Waals surface area contributed by atoms with Crippen LogP contribution in [0.3, 0.4) is 0 Å². The molecule has 7 heteroatoms. The molecule has 0 radical (unpaired) electrons. The highest BCUT2D eigenvalue weighted by Gasteiger charge is 2.30. The van der Waals surface area contributed by atoms with Gasteiger partial charge in [0.15, 0.2) is 0 Å². The molecule has 1 atom stereocenters. The summed E-state index contributed by atoms with van der Waals surface area (Å²) in [5, 5.41) is 0. The van der Waals surface area contributed by atoms with Crippen molar-refractivity contribution < 1.29 is 8.42 Å². The van der Waals surface area contributed by atoms with Gasteiger partial charge in [-0.25, -0.2) is 4.72 Å². The Morgan fingerprint density at radius 3 is 2.58 bits per heavy atom. The fourth-order valence-electron chi connectivity index (χ4n) is 1.95. The first-order valence-corrected chi connectivity index (χ1v) is 8.25. The average Bonchev–Trinajstić information content (AvgIpc) is 2.36. The van der Waals surface area contributed by atoms with Gasteiger partial charge in [-0.15, -0.1) is 0 Å². The Hall–Kier alpha value is -0.210. The van der Waals surface area contributed by atoms with Gasteiger partial charge in [-0.2, -0.15) is 12.7 Å². The summed E-state index contributed by atoms with van der Waals surface area (Å²) in [6, 6.07) is 0. The summed E-state index contributed by atoms with van der Waals surface area (Å²) in [6.07, 6.45) is 1.91. The molecule has 0 spiro atoms. The Bertz CT molecular complexity index is 381. The highest BCUT2D eigenvalue weighted by Crippen LogP contribution is 2.18. The highest BCUT2D eigenvalue weighted by molar-refractivity contribution is 7.87. The van der Waals surface area contributed by atoms with E-state index in [2.05, 4.69) is 4.72 Å². The maximum atomic E-state index is 12.3. The van der Waals surface area contributed by atoms with Crippen LogP contribution in [0.1, 0.15) is 26.7 Å². The molecule has 0 aromatic carbocycles. The summed E-state index contributed by atoms with van der Waals surface area (Å²) in [5.41, 5.74) is 5.43. The SMILES string of the molecule is CN(C)C(C)(C)CNS(=O)(=O)N1CCCC(CN)C1. The van der Waals surface area contributed by atoms with Crippen LogP contribution in [0.2, 0.25) is 0 Å². The second kappa shape index (κ2) is 6.49. The maximum Gasteiger partial charge on any atom is 0.279 e. The number of piperidine rings is 1. The third-order valence-electron chi connectivity index (χ3n) is 4.05. The van der Waals surface area contributed by atoms with E-state index in [1.807, 2.05) is 32.8 Å². The van der Waals surface area contributed by atoms with Crippen LogP contribution in [0.5, 0.6) is 0 Å². The van der Waals surface area contributed by atoms with Gasteiger partial charge in [0.1, 0.15) is 0 Å². The molecule has 1 unspecified atom stereocenters. The van der Waals surface area contributed by atoms with Gasteiger partial charge in [0, 0.05) is 25.2 Å². The summed E-state index contributed by atoms with van der Waals surface area (Å²) in [7, 11) is 0.496. The molecule has 1 rings (SSSR count). The summed E-state index contributed by atoms with van der Waals surface area (Å²) in [6.45, 7) is 6.09. The van der Waals surface area contributed by atoms with Crippen molar-refractivity contribution in [1.82, 2.24) is 13.9 Å². The molecule has 0 amide bonds. The fraction of sp³-hybridized carbons (Fsp3) is 1.00. The Morgan fingerprint density at radius 1 is 1.42 bits per heavy atom. The van der Waals surface area contributed by atoms with Crippen LogP contribution in [0.25, 0.3) is 0 Å². The zero-order valence-electron chi connectivity index (χ0n) is 12.5. The van der Waals surface area contributed by atoms with Crippen LogP contribution in [0.15, 0.2) is 0 Å². The zero-order valence-corrected chi connectivity index (χ0v) is 13.3.